The van der Waals surface area contributed by atoms with Gasteiger partial charge in [0.25, 0.3) is 0 Å². The summed E-state index contributed by atoms with van der Waals surface area (Å²) in [6.07, 6.45) is 0. The van der Waals surface area contributed by atoms with Crippen molar-refractivity contribution in [3.8, 4) is 11.4 Å². The van der Waals surface area contributed by atoms with E-state index in [1.54, 1.807) is 0 Å². The molecule has 6 heteroatoms. The molecule has 0 atom stereocenters. The van der Waals surface area contributed by atoms with Crippen LogP contribution in [0, 0.1) is 0 Å². The van der Waals surface area contributed by atoms with Crippen LogP contribution in [0.15, 0.2) is 53.7 Å². The number of carboxylic acids is 1. The van der Waals surface area contributed by atoms with Crippen LogP contribution in [0.25, 0.3) is 16.7 Å². The summed E-state index contributed by atoms with van der Waals surface area (Å²) in [6, 6.07) is 15.4. The van der Waals surface area contributed by atoms with Crippen molar-refractivity contribution in [1.82, 2.24) is 9.55 Å². The molecule has 23 heavy (non-hydrogen) atoms. The molecule has 3 aromatic rings. The Morgan fingerprint density at radius 1 is 1.22 bits per heavy atom. The second-order valence-electron chi connectivity index (χ2n) is 4.81. The Morgan fingerprint density at radius 3 is 2.65 bits per heavy atom. The van der Waals surface area contributed by atoms with Gasteiger partial charge in [-0.1, -0.05) is 23.9 Å². The highest BCUT2D eigenvalue weighted by molar-refractivity contribution is 7.99. The second kappa shape index (κ2) is 6.75. The number of benzene rings is 2. The number of nitrogens with zero attached hydrogens (tertiary/aromatic N) is 2. The number of thioether (sulfide) groups is 1. The van der Waals surface area contributed by atoms with Gasteiger partial charge in [0.1, 0.15) is 5.75 Å². The lowest BCUT2D eigenvalue weighted by Gasteiger charge is -2.10. The van der Waals surface area contributed by atoms with Crippen LogP contribution in [-0.2, 0) is 4.79 Å². The molecule has 0 bridgehead atoms. The maximum absolute atomic E-state index is 10.8. The molecule has 0 saturated carbocycles. The molecular formula is C17H15N2O3S-. The van der Waals surface area contributed by atoms with Crippen LogP contribution in [0.2, 0.25) is 0 Å². The standard InChI is InChI=1S/C17H16N2O3S/c1-2-22-13-9-7-12(8-10-13)19-15-6-4-3-5-14(15)18-17(19)23-11-16(20)21/h3-10H,2,11H2,1H3,(H,20,21)/p-1. The number of carbonyl (C=O) groups excluding carboxylic acids is 1. The van der Waals surface area contributed by atoms with Crippen molar-refractivity contribution >= 4 is 28.8 Å². The Labute approximate surface area is 137 Å². The average Bonchev–Trinajstić information content (AvgIpc) is 2.92. The fourth-order valence-electron chi connectivity index (χ4n) is 2.33. The highest BCUT2D eigenvalue weighted by atomic mass is 32.2. The van der Waals surface area contributed by atoms with Gasteiger partial charge in [-0.3, -0.25) is 4.57 Å². The van der Waals surface area contributed by atoms with Crippen molar-refractivity contribution in [1.29, 1.82) is 0 Å². The molecule has 0 amide bonds. The number of ether oxygens (including phenoxy) is 1. The minimum absolute atomic E-state index is 0.139. The predicted octanol–water partition coefficient (Wildman–Crippen LogP) is 2.27. The lowest BCUT2D eigenvalue weighted by molar-refractivity contribution is -0.301. The van der Waals surface area contributed by atoms with E-state index in [9.17, 15) is 9.90 Å². The minimum Gasteiger partial charge on any atom is -0.549 e. The molecule has 2 aromatic carbocycles. The van der Waals surface area contributed by atoms with Crippen LogP contribution in [0.5, 0.6) is 5.75 Å². The number of hydrogen-bond acceptors (Lipinski definition) is 5. The first-order valence-electron chi connectivity index (χ1n) is 7.22. The van der Waals surface area contributed by atoms with Crippen molar-refractivity contribution in [2.45, 2.75) is 12.1 Å². The molecule has 118 valence electrons. The summed E-state index contributed by atoms with van der Waals surface area (Å²) in [5.74, 6) is -0.453. The van der Waals surface area contributed by atoms with Crippen molar-refractivity contribution in [3.63, 3.8) is 0 Å². The van der Waals surface area contributed by atoms with Crippen LogP contribution in [0.1, 0.15) is 6.92 Å². The number of carboxylic acid groups (broad SMARTS) is 1. The molecule has 0 fully saturated rings. The van der Waals surface area contributed by atoms with Gasteiger partial charge in [0, 0.05) is 11.4 Å². The number of hydrogen-bond donors (Lipinski definition) is 0. The molecule has 0 unspecified atom stereocenters. The third-order valence-corrected chi connectivity index (χ3v) is 4.17. The summed E-state index contributed by atoms with van der Waals surface area (Å²) in [5, 5.41) is 11.4. The number of rotatable bonds is 6. The van der Waals surface area contributed by atoms with Crippen LogP contribution in [0.4, 0.5) is 0 Å². The van der Waals surface area contributed by atoms with Crippen molar-refractivity contribution in [3.05, 3.63) is 48.5 Å². The van der Waals surface area contributed by atoms with Gasteiger partial charge in [-0.15, -0.1) is 0 Å². The molecule has 0 N–H and O–H groups in total. The summed E-state index contributed by atoms with van der Waals surface area (Å²) in [5.41, 5.74) is 2.66. The van der Waals surface area contributed by atoms with Crippen LogP contribution in [0.3, 0.4) is 0 Å². The Hall–Kier alpha value is -2.47. The maximum Gasteiger partial charge on any atom is 0.174 e. The van der Waals surface area contributed by atoms with Gasteiger partial charge in [-0.05, 0) is 43.3 Å². The zero-order chi connectivity index (χ0) is 16.2. The fourth-order valence-corrected chi connectivity index (χ4v) is 3.07. The Kier molecular flexibility index (Phi) is 4.52. The second-order valence-corrected chi connectivity index (χ2v) is 5.75. The number of para-hydroxylation sites is 2. The SMILES string of the molecule is CCOc1ccc(-n2c(SCC(=O)[O-])nc3ccccc32)cc1. The predicted molar refractivity (Wildman–Crippen MR) is 88.0 cm³/mol. The minimum atomic E-state index is -1.11. The summed E-state index contributed by atoms with van der Waals surface area (Å²) in [7, 11) is 0. The van der Waals surface area contributed by atoms with Crippen molar-refractivity contribution < 1.29 is 14.6 Å². The van der Waals surface area contributed by atoms with Crippen molar-refractivity contribution in [2.24, 2.45) is 0 Å². The smallest absolute Gasteiger partial charge is 0.174 e. The van der Waals surface area contributed by atoms with E-state index < -0.39 is 5.97 Å². The highest BCUT2D eigenvalue weighted by Gasteiger charge is 2.12. The molecular weight excluding hydrogens is 312 g/mol. The van der Waals surface area contributed by atoms with E-state index >= 15 is 0 Å². The van der Waals surface area contributed by atoms with Crippen LogP contribution in [-0.4, -0.2) is 27.9 Å². The van der Waals surface area contributed by atoms with E-state index in [0.717, 1.165) is 34.2 Å². The Bertz CT molecular complexity index is 827. The highest BCUT2D eigenvalue weighted by Crippen LogP contribution is 2.28. The summed E-state index contributed by atoms with van der Waals surface area (Å²) < 4.78 is 7.40. The third kappa shape index (κ3) is 3.32. The van der Waals surface area contributed by atoms with E-state index in [2.05, 4.69) is 4.98 Å². The largest absolute Gasteiger partial charge is 0.549 e. The van der Waals surface area contributed by atoms with Gasteiger partial charge in [0.2, 0.25) is 0 Å². The average molecular weight is 327 g/mol. The first-order valence-corrected chi connectivity index (χ1v) is 8.21. The number of aromatic nitrogens is 2. The first-order chi connectivity index (χ1) is 11.2. The molecule has 1 heterocycles. The first kappa shape index (κ1) is 15.4. The van der Waals surface area contributed by atoms with Gasteiger partial charge < -0.3 is 14.6 Å². The zero-order valence-electron chi connectivity index (χ0n) is 12.6. The molecule has 0 spiro atoms. The Balaban J connectivity index is 2.06. The maximum atomic E-state index is 10.8. The molecule has 0 radical (unpaired) electrons. The number of imidazole rings is 1. The van der Waals surface area contributed by atoms with Gasteiger partial charge in [0.05, 0.1) is 23.6 Å². The van der Waals surface area contributed by atoms with Crippen LogP contribution >= 0.6 is 11.8 Å². The lowest BCUT2D eigenvalue weighted by atomic mass is 10.2. The fraction of sp³-hybridized carbons (Fsp3) is 0.176. The summed E-state index contributed by atoms with van der Waals surface area (Å²) >= 11 is 1.15. The topological polar surface area (TPSA) is 67.2 Å². The third-order valence-electron chi connectivity index (χ3n) is 3.26. The van der Waals surface area contributed by atoms with Gasteiger partial charge in [0.15, 0.2) is 5.16 Å². The lowest BCUT2D eigenvalue weighted by Crippen LogP contribution is -2.24. The normalized spacial score (nSPS) is 10.8. The van der Waals surface area contributed by atoms with E-state index in [0.29, 0.717) is 11.8 Å². The molecule has 0 aliphatic heterocycles. The number of fused-ring (bicyclic) bond motifs is 1. The van der Waals surface area contributed by atoms with Gasteiger partial charge >= 0.3 is 0 Å². The summed E-state index contributed by atoms with van der Waals surface area (Å²) in [4.78, 5) is 15.3. The quantitative estimate of drug-likeness (QED) is 0.650. The molecule has 1 aromatic heterocycles. The molecule has 0 saturated heterocycles. The van der Waals surface area contributed by atoms with Crippen LogP contribution < -0.4 is 9.84 Å². The van der Waals surface area contributed by atoms with Gasteiger partial charge in [-0.25, -0.2) is 4.98 Å². The summed E-state index contributed by atoms with van der Waals surface area (Å²) in [6.45, 7) is 2.55. The zero-order valence-corrected chi connectivity index (χ0v) is 13.4. The number of aliphatic carboxylic acids is 1. The van der Waals surface area contributed by atoms with Gasteiger partial charge in [-0.2, -0.15) is 0 Å². The Morgan fingerprint density at radius 2 is 1.96 bits per heavy atom. The molecule has 0 aliphatic rings. The van der Waals surface area contributed by atoms with E-state index in [1.165, 1.54) is 0 Å². The van der Waals surface area contributed by atoms with E-state index in [-0.39, 0.29) is 5.75 Å². The molecule has 0 aliphatic carbocycles. The van der Waals surface area contributed by atoms with E-state index in [1.807, 2.05) is 60.0 Å². The number of carbonyl (C=O) groups is 1. The molecule has 3 rings (SSSR count). The van der Waals surface area contributed by atoms with E-state index in [4.69, 9.17) is 4.74 Å². The van der Waals surface area contributed by atoms with Crippen molar-refractivity contribution in [2.75, 3.05) is 12.4 Å². The molecule has 5 nitrogen and oxygen atoms in total. The monoisotopic (exact) mass is 327 g/mol.